The van der Waals surface area contributed by atoms with Crippen LogP contribution in [0.1, 0.15) is 33.3 Å². The van der Waals surface area contributed by atoms with Crippen LogP contribution in [0.4, 0.5) is 0 Å². The molecule has 1 nitrogen and oxygen atoms in total. The molecule has 0 N–H and O–H groups in total. The molecule has 0 unspecified atom stereocenters. The van der Waals surface area contributed by atoms with Crippen molar-refractivity contribution < 1.29 is 0 Å². The van der Waals surface area contributed by atoms with E-state index in [9.17, 15) is 0 Å². The quantitative estimate of drug-likeness (QED) is 0.623. The predicted octanol–water partition coefficient (Wildman–Crippen LogP) is 4.83. The molecule has 15 heavy (non-hydrogen) atoms. The smallest absolute Gasteiger partial charge is 0.101 e. The van der Waals surface area contributed by atoms with E-state index in [1.807, 2.05) is 57.3 Å². The second-order valence-corrected chi connectivity index (χ2v) is 3.17. The monoisotopic (exact) mass is 219 g/mol. The summed E-state index contributed by atoms with van der Waals surface area (Å²) in [6, 6.07) is 10.1. The standard InChI is InChI=1S/C9H5NS.2C2H6/c10-5-7-6-11-9-4-2-1-3-8(7)9;2*1-2/h1-4,6H;2*1-2H3. The van der Waals surface area contributed by atoms with Gasteiger partial charge in [0.05, 0.1) is 5.56 Å². The van der Waals surface area contributed by atoms with Gasteiger partial charge in [0.15, 0.2) is 0 Å². The van der Waals surface area contributed by atoms with Gasteiger partial charge in [0.2, 0.25) is 0 Å². The van der Waals surface area contributed by atoms with Gasteiger partial charge in [-0.2, -0.15) is 5.26 Å². The van der Waals surface area contributed by atoms with Gasteiger partial charge in [-0.15, -0.1) is 11.3 Å². The Balaban J connectivity index is 0.000000442. The third-order valence-corrected chi connectivity index (χ3v) is 2.56. The Morgan fingerprint density at radius 2 is 1.67 bits per heavy atom. The first-order valence-corrected chi connectivity index (χ1v) is 6.16. The van der Waals surface area contributed by atoms with Crippen molar-refractivity contribution in [2.45, 2.75) is 27.7 Å². The summed E-state index contributed by atoms with van der Waals surface area (Å²) in [6.45, 7) is 8.00. The van der Waals surface area contributed by atoms with Gasteiger partial charge in [-0.3, -0.25) is 0 Å². The van der Waals surface area contributed by atoms with E-state index in [4.69, 9.17) is 5.26 Å². The highest BCUT2D eigenvalue weighted by molar-refractivity contribution is 7.17. The van der Waals surface area contributed by atoms with E-state index in [0.29, 0.717) is 0 Å². The molecule has 0 aliphatic rings. The van der Waals surface area contributed by atoms with Crippen LogP contribution in [0.5, 0.6) is 0 Å². The molecule has 2 heteroatoms. The molecule has 0 saturated heterocycles. The lowest BCUT2D eigenvalue weighted by Gasteiger charge is -1.85. The van der Waals surface area contributed by atoms with Crippen LogP contribution in [0.15, 0.2) is 29.6 Å². The first-order chi connectivity index (χ1) is 7.42. The van der Waals surface area contributed by atoms with Gasteiger partial charge < -0.3 is 0 Å². The molecule has 0 atom stereocenters. The summed E-state index contributed by atoms with van der Waals surface area (Å²) in [5, 5.41) is 11.6. The molecule has 80 valence electrons. The van der Waals surface area contributed by atoms with E-state index < -0.39 is 0 Å². The summed E-state index contributed by atoms with van der Waals surface area (Å²) in [4.78, 5) is 0. The van der Waals surface area contributed by atoms with Gasteiger partial charge in [0, 0.05) is 15.5 Å². The fraction of sp³-hybridized carbons (Fsp3) is 0.308. The molecule has 1 heterocycles. The number of benzene rings is 1. The van der Waals surface area contributed by atoms with Crippen molar-refractivity contribution in [2.75, 3.05) is 0 Å². The number of rotatable bonds is 0. The van der Waals surface area contributed by atoms with Gasteiger partial charge in [0.25, 0.3) is 0 Å². The van der Waals surface area contributed by atoms with Crippen molar-refractivity contribution in [3.05, 3.63) is 35.2 Å². The van der Waals surface area contributed by atoms with E-state index in [0.717, 1.165) is 10.9 Å². The molecule has 0 saturated carbocycles. The van der Waals surface area contributed by atoms with Gasteiger partial charge in [-0.1, -0.05) is 45.9 Å². The zero-order valence-corrected chi connectivity index (χ0v) is 10.6. The average Bonchev–Trinajstić information content (AvgIpc) is 2.77. The molecule has 1 aromatic carbocycles. The highest BCUT2D eigenvalue weighted by Gasteiger charge is 1.99. The Labute approximate surface area is 96.0 Å². The molecule has 1 aromatic heterocycles. The first kappa shape index (κ1) is 13.7. The minimum Gasteiger partial charge on any atom is -0.192 e. The zero-order valence-electron chi connectivity index (χ0n) is 9.74. The van der Waals surface area contributed by atoms with Crippen molar-refractivity contribution in [2.24, 2.45) is 0 Å². The van der Waals surface area contributed by atoms with Crippen LogP contribution in [-0.2, 0) is 0 Å². The number of nitrogens with zero attached hydrogens (tertiary/aromatic N) is 1. The maximum atomic E-state index is 8.68. The Morgan fingerprint density at radius 3 is 2.27 bits per heavy atom. The minimum absolute atomic E-state index is 0.783. The largest absolute Gasteiger partial charge is 0.192 e. The number of thiophene rings is 1. The maximum Gasteiger partial charge on any atom is 0.101 e. The lowest BCUT2D eigenvalue weighted by molar-refractivity contribution is 1.50. The van der Waals surface area contributed by atoms with E-state index >= 15 is 0 Å². The minimum atomic E-state index is 0.783. The Kier molecular flexibility index (Phi) is 7.31. The average molecular weight is 219 g/mol. The normalized spacial score (nSPS) is 7.93. The summed E-state index contributed by atoms with van der Waals surface area (Å²) < 4.78 is 1.18. The summed E-state index contributed by atoms with van der Waals surface area (Å²) in [5.74, 6) is 0. The molecule has 0 aliphatic heterocycles. The van der Waals surface area contributed by atoms with E-state index in [2.05, 4.69) is 6.07 Å². The Morgan fingerprint density at radius 1 is 1.07 bits per heavy atom. The van der Waals surface area contributed by atoms with Gasteiger partial charge in [-0.05, 0) is 6.07 Å². The molecule has 0 aliphatic carbocycles. The number of hydrogen-bond donors (Lipinski definition) is 0. The van der Waals surface area contributed by atoms with Crippen molar-refractivity contribution in [3.8, 4) is 6.07 Å². The van der Waals surface area contributed by atoms with Crippen molar-refractivity contribution in [1.29, 1.82) is 5.26 Å². The highest BCUT2D eigenvalue weighted by Crippen LogP contribution is 2.24. The molecule has 2 rings (SSSR count). The lowest BCUT2D eigenvalue weighted by Crippen LogP contribution is -1.66. The summed E-state index contributed by atoms with van der Waals surface area (Å²) in [5.41, 5.74) is 0.783. The number of fused-ring (bicyclic) bond motifs is 1. The summed E-state index contributed by atoms with van der Waals surface area (Å²) >= 11 is 1.62. The van der Waals surface area contributed by atoms with Crippen LogP contribution in [0, 0.1) is 11.3 Å². The van der Waals surface area contributed by atoms with Crippen LogP contribution in [0.25, 0.3) is 10.1 Å². The molecule has 0 radical (unpaired) electrons. The second kappa shape index (κ2) is 8.02. The summed E-state index contributed by atoms with van der Waals surface area (Å²) in [6.07, 6.45) is 0. The topological polar surface area (TPSA) is 23.8 Å². The third kappa shape index (κ3) is 3.38. The Hall–Kier alpha value is -1.33. The zero-order chi connectivity index (χ0) is 11.7. The molecular weight excluding hydrogens is 202 g/mol. The predicted molar refractivity (Wildman–Crippen MR) is 69.2 cm³/mol. The fourth-order valence-corrected chi connectivity index (χ4v) is 1.95. The molecule has 0 fully saturated rings. The number of nitriles is 1. The first-order valence-electron chi connectivity index (χ1n) is 5.28. The fourth-order valence-electron chi connectivity index (χ4n) is 1.06. The third-order valence-electron chi connectivity index (χ3n) is 1.60. The molecule has 0 amide bonds. The molecular formula is C13H17NS. The SMILES string of the molecule is CC.CC.N#Cc1csc2ccccc12. The van der Waals surface area contributed by atoms with Crippen LogP contribution in [0.2, 0.25) is 0 Å². The van der Waals surface area contributed by atoms with E-state index in [1.54, 1.807) is 11.3 Å². The van der Waals surface area contributed by atoms with Gasteiger partial charge >= 0.3 is 0 Å². The van der Waals surface area contributed by atoms with E-state index in [1.165, 1.54) is 4.70 Å². The highest BCUT2D eigenvalue weighted by atomic mass is 32.1. The van der Waals surface area contributed by atoms with Crippen molar-refractivity contribution in [3.63, 3.8) is 0 Å². The second-order valence-electron chi connectivity index (χ2n) is 2.26. The van der Waals surface area contributed by atoms with Crippen molar-refractivity contribution >= 4 is 21.4 Å². The molecule has 2 aromatic rings. The Bertz CT molecular complexity index is 423. The van der Waals surface area contributed by atoms with Gasteiger partial charge in [-0.25, -0.2) is 0 Å². The molecule has 0 spiro atoms. The van der Waals surface area contributed by atoms with Gasteiger partial charge in [0.1, 0.15) is 6.07 Å². The summed E-state index contributed by atoms with van der Waals surface area (Å²) in [7, 11) is 0. The van der Waals surface area contributed by atoms with E-state index in [-0.39, 0.29) is 0 Å². The van der Waals surface area contributed by atoms with Crippen LogP contribution in [0.3, 0.4) is 0 Å². The molecule has 0 bridgehead atoms. The van der Waals surface area contributed by atoms with Crippen LogP contribution in [-0.4, -0.2) is 0 Å². The van der Waals surface area contributed by atoms with Crippen LogP contribution >= 0.6 is 11.3 Å². The van der Waals surface area contributed by atoms with Crippen LogP contribution < -0.4 is 0 Å². The number of hydrogen-bond acceptors (Lipinski definition) is 2. The van der Waals surface area contributed by atoms with Crippen molar-refractivity contribution in [1.82, 2.24) is 0 Å². The lowest BCUT2D eigenvalue weighted by atomic mass is 10.2. The maximum absolute atomic E-state index is 8.68.